The smallest absolute Gasteiger partial charge is 0.244 e. The van der Waals surface area contributed by atoms with Crippen LogP contribution in [0.5, 0.6) is 0 Å². The van der Waals surface area contributed by atoms with Crippen molar-refractivity contribution in [3.05, 3.63) is 100 Å². The van der Waals surface area contributed by atoms with E-state index in [2.05, 4.69) is 5.32 Å². The average Bonchev–Trinajstić information content (AvgIpc) is 3.45. The quantitative estimate of drug-likeness (QED) is 0.321. The van der Waals surface area contributed by atoms with Gasteiger partial charge in [0.15, 0.2) is 0 Å². The van der Waals surface area contributed by atoms with Crippen LogP contribution in [0.25, 0.3) is 0 Å². The van der Waals surface area contributed by atoms with Crippen LogP contribution in [0.15, 0.2) is 72.8 Å². The second-order valence-corrected chi connectivity index (χ2v) is 13.2. The van der Waals surface area contributed by atoms with Crippen molar-refractivity contribution in [2.24, 2.45) is 0 Å². The summed E-state index contributed by atoms with van der Waals surface area (Å²) in [6, 6.07) is 21.6. The lowest BCUT2D eigenvalue weighted by Crippen LogP contribution is -2.54. The Morgan fingerprint density at radius 2 is 1.59 bits per heavy atom. The molecule has 0 saturated heterocycles. The summed E-state index contributed by atoms with van der Waals surface area (Å²) in [7, 11) is -3.86. The van der Waals surface area contributed by atoms with Crippen molar-refractivity contribution in [1.29, 1.82) is 0 Å². The molecule has 4 rings (SSSR count). The number of nitrogens with one attached hydrogen (secondary N) is 1. The molecule has 218 valence electrons. The number of sulfonamides is 1. The van der Waals surface area contributed by atoms with Crippen molar-refractivity contribution >= 4 is 39.1 Å². The van der Waals surface area contributed by atoms with Crippen LogP contribution in [0.2, 0.25) is 5.02 Å². The second-order valence-electron chi connectivity index (χ2n) is 10.9. The van der Waals surface area contributed by atoms with Gasteiger partial charge in [0.05, 0.1) is 11.9 Å². The minimum atomic E-state index is -3.86. The Morgan fingerprint density at radius 1 is 0.927 bits per heavy atom. The lowest BCUT2D eigenvalue weighted by Gasteiger charge is -2.34. The molecular formula is C32H38ClN3O4S. The fourth-order valence-corrected chi connectivity index (χ4v) is 6.34. The van der Waals surface area contributed by atoms with Crippen LogP contribution in [0, 0.1) is 13.8 Å². The van der Waals surface area contributed by atoms with E-state index in [1.54, 1.807) is 25.1 Å². The van der Waals surface area contributed by atoms with Gasteiger partial charge in [-0.25, -0.2) is 8.42 Å². The molecule has 1 saturated carbocycles. The van der Waals surface area contributed by atoms with Gasteiger partial charge in [-0.05, 0) is 55.5 Å². The number of amides is 2. The van der Waals surface area contributed by atoms with Crippen LogP contribution in [0.4, 0.5) is 5.69 Å². The number of anilines is 1. The van der Waals surface area contributed by atoms with Gasteiger partial charge < -0.3 is 10.2 Å². The molecule has 1 unspecified atom stereocenters. The molecule has 3 aromatic carbocycles. The van der Waals surface area contributed by atoms with Gasteiger partial charge in [0.25, 0.3) is 0 Å². The molecule has 0 aromatic heterocycles. The molecule has 0 aliphatic heterocycles. The van der Waals surface area contributed by atoms with E-state index in [0.29, 0.717) is 22.7 Å². The predicted octanol–water partition coefficient (Wildman–Crippen LogP) is 5.42. The maximum absolute atomic E-state index is 14.2. The molecule has 0 bridgehead atoms. The third-order valence-corrected chi connectivity index (χ3v) is 9.17. The van der Waals surface area contributed by atoms with E-state index in [4.69, 9.17) is 11.6 Å². The molecule has 1 N–H and O–H groups in total. The van der Waals surface area contributed by atoms with Crippen LogP contribution in [-0.4, -0.2) is 50.0 Å². The van der Waals surface area contributed by atoms with Gasteiger partial charge >= 0.3 is 0 Å². The number of hydrogen-bond donors (Lipinski definition) is 1. The first-order valence-corrected chi connectivity index (χ1v) is 16.2. The van der Waals surface area contributed by atoms with Crippen LogP contribution in [-0.2, 0) is 32.6 Å². The molecule has 41 heavy (non-hydrogen) atoms. The summed E-state index contributed by atoms with van der Waals surface area (Å²) in [6.07, 6.45) is 5.30. The monoisotopic (exact) mass is 595 g/mol. The molecule has 3 aromatic rings. The molecule has 1 aliphatic carbocycles. The van der Waals surface area contributed by atoms with Crippen LogP contribution < -0.4 is 9.62 Å². The summed E-state index contributed by atoms with van der Waals surface area (Å²) in [5.74, 6) is -0.705. The normalized spacial score (nSPS) is 14.4. The molecular weight excluding hydrogens is 558 g/mol. The summed E-state index contributed by atoms with van der Waals surface area (Å²) in [5.41, 5.74) is 3.72. The molecule has 7 nitrogen and oxygen atoms in total. The topological polar surface area (TPSA) is 86.8 Å². The second kappa shape index (κ2) is 13.5. The highest BCUT2D eigenvalue weighted by atomic mass is 35.5. The largest absolute Gasteiger partial charge is 0.352 e. The van der Waals surface area contributed by atoms with E-state index in [0.717, 1.165) is 52.9 Å². The zero-order valence-corrected chi connectivity index (χ0v) is 25.4. The van der Waals surface area contributed by atoms with Crippen LogP contribution in [0.3, 0.4) is 0 Å². The van der Waals surface area contributed by atoms with E-state index < -0.39 is 28.5 Å². The molecule has 0 spiro atoms. The Balaban J connectivity index is 1.74. The summed E-state index contributed by atoms with van der Waals surface area (Å²) < 4.78 is 27.1. The van der Waals surface area contributed by atoms with E-state index >= 15 is 0 Å². The number of aryl methyl sites for hydroxylation is 1. The van der Waals surface area contributed by atoms with Gasteiger partial charge in [0, 0.05) is 24.0 Å². The van der Waals surface area contributed by atoms with Gasteiger partial charge in [-0.2, -0.15) is 0 Å². The zero-order valence-electron chi connectivity index (χ0n) is 23.8. The lowest BCUT2D eigenvalue weighted by molar-refractivity contribution is -0.140. The van der Waals surface area contributed by atoms with E-state index in [-0.39, 0.29) is 18.5 Å². The first-order valence-electron chi connectivity index (χ1n) is 13.9. The number of rotatable bonds is 11. The first kappa shape index (κ1) is 30.6. The average molecular weight is 596 g/mol. The number of hydrogen-bond acceptors (Lipinski definition) is 4. The highest BCUT2D eigenvalue weighted by Crippen LogP contribution is 2.29. The highest BCUT2D eigenvalue weighted by Gasteiger charge is 2.34. The molecule has 0 heterocycles. The Hall–Kier alpha value is -3.36. The van der Waals surface area contributed by atoms with E-state index in [1.165, 1.54) is 4.90 Å². The molecule has 0 radical (unpaired) electrons. The maximum atomic E-state index is 14.2. The minimum absolute atomic E-state index is 0.0683. The van der Waals surface area contributed by atoms with E-state index in [9.17, 15) is 18.0 Å². The zero-order chi connectivity index (χ0) is 29.6. The van der Waals surface area contributed by atoms with Crippen molar-refractivity contribution in [3.8, 4) is 0 Å². The molecule has 9 heteroatoms. The Bertz CT molecular complexity index is 1460. The predicted molar refractivity (Wildman–Crippen MR) is 164 cm³/mol. The summed E-state index contributed by atoms with van der Waals surface area (Å²) in [5, 5.41) is 3.58. The van der Waals surface area contributed by atoms with Gasteiger partial charge in [0.2, 0.25) is 21.8 Å². The maximum Gasteiger partial charge on any atom is 0.244 e. The summed E-state index contributed by atoms with van der Waals surface area (Å²) in [4.78, 5) is 29.6. The fraction of sp³-hybridized carbons (Fsp3) is 0.375. The summed E-state index contributed by atoms with van der Waals surface area (Å²) in [6.45, 7) is 3.39. The number of carbonyl (C=O) groups is 2. The number of nitrogens with zero attached hydrogens (tertiary/aromatic N) is 2. The van der Waals surface area contributed by atoms with Gasteiger partial charge in [-0.1, -0.05) is 90.7 Å². The third-order valence-electron chi connectivity index (χ3n) is 7.63. The van der Waals surface area contributed by atoms with Crippen LogP contribution in [0.1, 0.15) is 47.9 Å². The van der Waals surface area contributed by atoms with Gasteiger partial charge in [-0.15, -0.1) is 0 Å². The first-order chi connectivity index (χ1) is 19.5. The fourth-order valence-electron chi connectivity index (χ4n) is 5.27. The standard InChI is InChI=1S/C32H38ClN3O4S/c1-23-16-18-26(19-17-23)21-35(31(37)22-36(41(3,39)40)29-15-9-14-28(33)24(29)2)30(20-25-10-5-4-6-11-25)32(38)34-27-12-7-8-13-27/h4-6,9-11,14-19,27,30H,7-8,12-13,20-22H2,1-3H3,(H,34,38). The summed E-state index contributed by atoms with van der Waals surface area (Å²) >= 11 is 6.32. The van der Waals surface area contributed by atoms with Crippen molar-refractivity contribution in [3.63, 3.8) is 0 Å². The molecule has 1 fully saturated rings. The minimum Gasteiger partial charge on any atom is -0.352 e. The lowest BCUT2D eigenvalue weighted by atomic mass is 10.0. The highest BCUT2D eigenvalue weighted by molar-refractivity contribution is 7.92. The Kier molecular flexibility index (Phi) is 10.1. The van der Waals surface area contributed by atoms with Crippen molar-refractivity contribution in [1.82, 2.24) is 10.2 Å². The van der Waals surface area contributed by atoms with Crippen LogP contribution >= 0.6 is 11.6 Å². The Morgan fingerprint density at radius 3 is 2.22 bits per heavy atom. The van der Waals surface area contributed by atoms with Gasteiger partial charge in [-0.3, -0.25) is 13.9 Å². The Labute approximate surface area is 248 Å². The number of halogens is 1. The molecule has 1 atom stereocenters. The third kappa shape index (κ3) is 8.11. The number of benzene rings is 3. The molecule has 1 aliphatic rings. The van der Waals surface area contributed by atoms with Gasteiger partial charge in [0.1, 0.15) is 12.6 Å². The SMILES string of the molecule is Cc1ccc(CN(C(=O)CN(c2cccc(Cl)c2C)S(C)(=O)=O)C(Cc2ccccc2)C(=O)NC2CCCC2)cc1. The van der Waals surface area contributed by atoms with Crippen molar-refractivity contribution in [2.45, 2.75) is 64.6 Å². The van der Waals surface area contributed by atoms with Crippen molar-refractivity contribution in [2.75, 3.05) is 17.1 Å². The van der Waals surface area contributed by atoms with E-state index in [1.807, 2.05) is 61.5 Å². The number of carbonyl (C=O) groups excluding carboxylic acids is 2. The molecule has 2 amide bonds. The van der Waals surface area contributed by atoms with Crippen molar-refractivity contribution < 1.29 is 18.0 Å².